The Labute approximate surface area is 193 Å². The lowest BCUT2D eigenvalue weighted by atomic mass is 10.2. The van der Waals surface area contributed by atoms with Gasteiger partial charge in [-0.1, -0.05) is 54.2 Å². The summed E-state index contributed by atoms with van der Waals surface area (Å²) < 4.78 is 14.3. The van der Waals surface area contributed by atoms with Gasteiger partial charge in [0, 0.05) is 16.8 Å². The van der Waals surface area contributed by atoms with Gasteiger partial charge >= 0.3 is 0 Å². The van der Waals surface area contributed by atoms with Crippen molar-refractivity contribution in [2.75, 3.05) is 17.2 Å². The minimum absolute atomic E-state index is 0.0713. The molecule has 0 aliphatic heterocycles. The number of hydrogen-bond donors (Lipinski definition) is 0. The van der Waals surface area contributed by atoms with Gasteiger partial charge in [-0.05, 0) is 30.7 Å². The zero-order valence-corrected chi connectivity index (χ0v) is 18.9. The van der Waals surface area contributed by atoms with E-state index in [4.69, 9.17) is 5.26 Å². The van der Waals surface area contributed by atoms with Crippen molar-refractivity contribution in [2.24, 2.45) is 0 Å². The number of nitriles is 1. The van der Waals surface area contributed by atoms with Crippen LogP contribution in [0.1, 0.15) is 12.2 Å². The van der Waals surface area contributed by atoms with Crippen LogP contribution in [0.3, 0.4) is 0 Å². The molecule has 0 fully saturated rings. The third-order valence-electron chi connectivity index (χ3n) is 4.75. The van der Waals surface area contributed by atoms with E-state index in [0.29, 0.717) is 10.9 Å². The molecule has 4 rings (SSSR count). The summed E-state index contributed by atoms with van der Waals surface area (Å²) in [7, 11) is 0. The fourth-order valence-electron chi connectivity index (χ4n) is 3.27. The number of fused-ring (bicyclic) bond motifs is 1. The summed E-state index contributed by atoms with van der Waals surface area (Å²) in [5, 5.41) is 10.6. The van der Waals surface area contributed by atoms with Crippen molar-refractivity contribution in [1.29, 1.82) is 5.26 Å². The Balaban J connectivity index is 1.60. The number of carbonyl (C=O) groups is 1. The predicted molar refractivity (Wildman–Crippen MR) is 127 cm³/mol. The number of nitrogens with zero attached hydrogens (tertiary/aromatic N) is 4. The second-order valence-electron chi connectivity index (χ2n) is 6.97. The Kier molecular flexibility index (Phi) is 6.78. The lowest BCUT2D eigenvalue weighted by molar-refractivity contribution is -0.116. The lowest BCUT2D eigenvalue weighted by Gasteiger charge is -2.22. The fourth-order valence-corrected chi connectivity index (χ4v) is 5.34. The summed E-state index contributed by atoms with van der Waals surface area (Å²) in [5.74, 6) is -0.0704. The highest BCUT2D eigenvalue weighted by Gasteiger charge is 2.20. The minimum atomic E-state index is -0.491. The van der Waals surface area contributed by atoms with Crippen LogP contribution in [0, 0.1) is 24.1 Å². The molecule has 0 saturated carbocycles. The van der Waals surface area contributed by atoms with Crippen LogP contribution in [0.4, 0.5) is 10.1 Å². The molecule has 32 heavy (non-hydrogen) atoms. The topological polar surface area (TPSA) is 69.9 Å². The van der Waals surface area contributed by atoms with Gasteiger partial charge in [-0.3, -0.25) is 4.79 Å². The molecule has 0 atom stereocenters. The first-order chi connectivity index (χ1) is 15.6. The number of hydrogen-bond acceptors (Lipinski definition) is 6. The summed E-state index contributed by atoms with van der Waals surface area (Å²) in [6.07, 6.45) is 0.118. The maximum absolute atomic E-state index is 14.3. The summed E-state index contributed by atoms with van der Waals surface area (Å²) in [6, 6.07) is 20.2. The molecule has 2 aromatic heterocycles. The zero-order chi connectivity index (χ0) is 22.5. The number of anilines is 1. The van der Waals surface area contributed by atoms with Gasteiger partial charge in [0.05, 0.1) is 23.9 Å². The molecular weight excluding hydrogens is 443 g/mol. The highest BCUT2D eigenvalue weighted by atomic mass is 32.2. The molecule has 0 unspecified atom stereocenters. The van der Waals surface area contributed by atoms with E-state index >= 15 is 0 Å². The van der Waals surface area contributed by atoms with Crippen LogP contribution in [-0.2, 0) is 4.79 Å². The third kappa shape index (κ3) is 4.79. The molecule has 2 heterocycles. The molecule has 0 saturated heterocycles. The number of para-hydroxylation sites is 1. The van der Waals surface area contributed by atoms with Crippen LogP contribution in [-0.4, -0.2) is 28.2 Å². The second-order valence-corrected chi connectivity index (χ2v) is 8.96. The van der Waals surface area contributed by atoms with E-state index in [1.54, 1.807) is 29.5 Å². The van der Waals surface area contributed by atoms with Crippen molar-refractivity contribution in [3.8, 4) is 16.5 Å². The molecule has 5 nitrogen and oxygen atoms in total. The number of amides is 1. The second kappa shape index (κ2) is 9.90. The Hall–Kier alpha value is -3.28. The minimum Gasteiger partial charge on any atom is -0.308 e. The van der Waals surface area contributed by atoms with Crippen molar-refractivity contribution in [3.63, 3.8) is 0 Å². The highest BCUT2D eigenvalue weighted by Crippen LogP contribution is 2.36. The monoisotopic (exact) mass is 462 g/mol. The SMILES string of the molecule is Cc1nc(SCC(=O)N(CCC#N)c2ccccc2F)c2cc(-c3ccccc3)sc2n1. The Morgan fingerprint density at radius 1 is 1.16 bits per heavy atom. The van der Waals surface area contributed by atoms with E-state index in [2.05, 4.69) is 9.97 Å². The van der Waals surface area contributed by atoms with E-state index in [-0.39, 0.29) is 30.3 Å². The van der Waals surface area contributed by atoms with E-state index in [9.17, 15) is 9.18 Å². The average molecular weight is 463 g/mol. The van der Waals surface area contributed by atoms with Gasteiger partial charge in [0.15, 0.2) is 0 Å². The molecule has 0 spiro atoms. The number of thioether (sulfide) groups is 1. The van der Waals surface area contributed by atoms with E-state index in [1.807, 2.05) is 49.4 Å². The van der Waals surface area contributed by atoms with Gasteiger partial charge in [-0.25, -0.2) is 14.4 Å². The smallest absolute Gasteiger partial charge is 0.237 e. The fraction of sp³-hybridized carbons (Fsp3) is 0.167. The average Bonchev–Trinajstić information content (AvgIpc) is 3.23. The van der Waals surface area contributed by atoms with Gasteiger partial charge in [-0.2, -0.15) is 5.26 Å². The zero-order valence-electron chi connectivity index (χ0n) is 17.3. The highest BCUT2D eigenvalue weighted by molar-refractivity contribution is 8.00. The summed E-state index contributed by atoms with van der Waals surface area (Å²) in [5.41, 5.74) is 1.28. The number of rotatable bonds is 7. The Morgan fingerprint density at radius 2 is 1.91 bits per heavy atom. The van der Waals surface area contributed by atoms with Crippen molar-refractivity contribution >= 4 is 44.9 Å². The normalized spacial score (nSPS) is 10.8. The molecule has 8 heteroatoms. The number of halogens is 1. The number of carbonyl (C=O) groups excluding carboxylic acids is 1. The molecule has 0 aliphatic rings. The summed E-state index contributed by atoms with van der Waals surface area (Å²) in [4.78, 5) is 25.4. The van der Waals surface area contributed by atoms with Crippen molar-refractivity contribution < 1.29 is 9.18 Å². The Morgan fingerprint density at radius 3 is 2.66 bits per heavy atom. The van der Waals surface area contributed by atoms with Crippen LogP contribution in [0.2, 0.25) is 0 Å². The van der Waals surface area contributed by atoms with Crippen LogP contribution in [0.15, 0.2) is 65.7 Å². The van der Waals surface area contributed by atoms with Crippen LogP contribution in [0.25, 0.3) is 20.7 Å². The molecule has 2 aromatic carbocycles. The molecule has 0 bridgehead atoms. The standard InChI is InChI=1S/C24H19FN4OS2/c1-16-27-23(18-14-21(32-24(18)28-16)17-8-3-2-4-9-17)31-15-22(30)29(13-7-12-26)20-11-6-5-10-19(20)25/h2-6,8-11,14H,7,13,15H2,1H3. The van der Waals surface area contributed by atoms with Gasteiger partial charge in [0.25, 0.3) is 0 Å². The first kappa shape index (κ1) is 21.9. The van der Waals surface area contributed by atoms with Gasteiger partial charge < -0.3 is 4.90 Å². The Bertz CT molecular complexity index is 1300. The van der Waals surface area contributed by atoms with Crippen molar-refractivity contribution in [3.05, 3.63) is 72.3 Å². The summed E-state index contributed by atoms with van der Waals surface area (Å²) >= 11 is 2.89. The lowest BCUT2D eigenvalue weighted by Crippen LogP contribution is -2.34. The number of thiophene rings is 1. The molecule has 160 valence electrons. The molecule has 0 aliphatic carbocycles. The van der Waals surface area contributed by atoms with E-state index in [0.717, 1.165) is 20.7 Å². The van der Waals surface area contributed by atoms with E-state index in [1.165, 1.54) is 22.7 Å². The maximum Gasteiger partial charge on any atom is 0.237 e. The van der Waals surface area contributed by atoms with Gasteiger partial charge in [-0.15, -0.1) is 11.3 Å². The molecule has 4 aromatic rings. The van der Waals surface area contributed by atoms with Crippen molar-refractivity contribution in [1.82, 2.24) is 9.97 Å². The van der Waals surface area contributed by atoms with Gasteiger partial charge in [0.1, 0.15) is 21.5 Å². The molecule has 1 amide bonds. The molecular formula is C24H19FN4OS2. The summed E-state index contributed by atoms with van der Waals surface area (Å²) in [6.45, 7) is 1.96. The van der Waals surface area contributed by atoms with Crippen LogP contribution < -0.4 is 4.90 Å². The largest absolute Gasteiger partial charge is 0.308 e. The first-order valence-electron chi connectivity index (χ1n) is 9.95. The maximum atomic E-state index is 14.3. The van der Waals surface area contributed by atoms with Crippen molar-refractivity contribution in [2.45, 2.75) is 18.4 Å². The number of aryl methyl sites for hydroxylation is 1. The van der Waals surface area contributed by atoms with E-state index < -0.39 is 5.82 Å². The predicted octanol–water partition coefficient (Wildman–Crippen LogP) is 5.84. The third-order valence-corrected chi connectivity index (χ3v) is 6.81. The number of benzene rings is 2. The van der Waals surface area contributed by atoms with Gasteiger partial charge in [0.2, 0.25) is 5.91 Å². The van der Waals surface area contributed by atoms with Crippen LogP contribution >= 0.6 is 23.1 Å². The molecule has 0 radical (unpaired) electrons. The molecule has 0 N–H and O–H groups in total. The first-order valence-corrected chi connectivity index (χ1v) is 11.8. The number of aromatic nitrogens is 2. The quantitative estimate of drug-likeness (QED) is 0.255. The van der Waals surface area contributed by atoms with Crippen LogP contribution in [0.5, 0.6) is 0 Å².